The molecule has 1 N–H and O–H groups in total. The van der Waals surface area contributed by atoms with Gasteiger partial charge in [-0.3, -0.25) is 4.79 Å². The number of nitrogens with zero attached hydrogens (tertiary/aromatic N) is 1. The molecule has 7 heteroatoms. The minimum atomic E-state index is -3.63. The zero-order valence-electron chi connectivity index (χ0n) is 15.6. The van der Waals surface area contributed by atoms with Gasteiger partial charge in [0.1, 0.15) is 10.3 Å². The van der Waals surface area contributed by atoms with Gasteiger partial charge in [0.15, 0.2) is 0 Å². The molecule has 0 radical (unpaired) electrons. The van der Waals surface area contributed by atoms with Gasteiger partial charge in [-0.1, -0.05) is 36.4 Å². The van der Waals surface area contributed by atoms with Crippen molar-refractivity contribution in [1.29, 1.82) is 0 Å². The molecule has 0 spiro atoms. The highest BCUT2D eigenvalue weighted by Crippen LogP contribution is 2.30. The highest BCUT2D eigenvalue weighted by Gasteiger charge is 2.39. The zero-order valence-corrected chi connectivity index (χ0v) is 17.2. The molecule has 1 saturated heterocycles. The molecule has 0 aliphatic carbocycles. The molecule has 0 unspecified atom stereocenters. The third-order valence-corrected chi connectivity index (χ3v) is 8.44. The second-order valence-corrected chi connectivity index (χ2v) is 10.4. The van der Waals surface area contributed by atoms with Gasteiger partial charge in [-0.2, -0.15) is 4.31 Å². The van der Waals surface area contributed by atoms with Crippen molar-refractivity contribution in [3.8, 4) is 0 Å². The number of benzene rings is 2. The maximum absolute atomic E-state index is 12.9. The van der Waals surface area contributed by atoms with E-state index in [4.69, 9.17) is 0 Å². The molecule has 3 aromatic rings. The van der Waals surface area contributed by atoms with E-state index in [0.29, 0.717) is 30.1 Å². The summed E-state index contributed by atoms with van der Waals surface area (Å²) >= 11 is 1.25. The second kappa shape index (κ2) is 7.66. The Morgan fingerprint density at radius 3 is 2.68 bits per heavy atom. The molecule has 146 valence electrons. The fourth-order valence-corrected chi connectivity index (χ4v) is 6.68. The van der Waals surface area contributed by atoms with Gasteiger partial charge < -0.3 is 5.32 Å². The molecular formula is C21H22N2O3S2. The predicted octanol–water partition coefficient (Wildman–Crippen LogP) is 3.68. The van der Waals surface area contributed by atoms with Gasteiger partial charge in [-0.25, -0.2) is 8.42 Å². The predicted molar refractivity (Wildman–Crippen MR) is 112 cm³/mol. The molecule has 1 aromatic heterocycles. The summed E-state index contributed by atoms with van der Waals surface area (Å²) in [7, 11) is -3.63. The topological polar surface area (TPSA) is 66.5 Å². The van der Waals surface area contributed by atoms with Crippen LogP contribution in [0.15, 0.2) is 58.8 Å². The number of carbonyl (C=O) groups is 1. The number of aryl methyl sites for hydroxylation is 1. The fraction of sp³-hybridized carbons (Fsp3) is 0.286. The summed E-state index contributed by atoms with van der Waals surface area (Å²) in [5, 5.41) is 5.19. The molecule has 2 heterocycles. The third kappa shape index (κ3) is 3.70. The van der Waals surface area contributed by atoms with Crippen LogP contribution in [0, 0.1) is 6.92 Å². The van der Waals surface area contributed by atoms with Crippen molar-refractivity contribution in [1.82, 2.24) is 9.62 Å². The molecule has 5 nitrogen and oxygen atoms in total. The van der Waals surface area contributed by atoms with Crippen LogP contribution in [0.1, 0.15) is 23.3 Å². The summed E-state index contributed by atoms with van der Waals surface area (Å²) < 4.78 is 27.5. The van der Waals surface area contributed by atoms with E-state index < -0.39 is 16.1 Å². The van der Waals surface area contributed by atoms with E-state index in [-0.39, 0.29) is 5.91 Å². The maximum Gasteiger partial charge on any atom is 0.253 e. The van der Waals surface area contributed by atoms with Gasteiger partial charge in [0, 0.05) is 18.0 Å². The van der Waals surface area contributed by atoms with E-state index in [9.17, 15) is 13.2 Å². The van der Waals surface area contributed by atoms with Crippen molar-refractivity contribution < 1.29 is 13.2 Å². The summed E-state index contributed by atoms with van der Waals surface area (Å²) in [4.78, 5) is 13.7. The second-order valence-electron chi connectivity index (χ2n) is 7.04. The number of thiophene rings is 1. The Kier molecular flexibility index (Phi) is 5.23. The Morgan fingerprint density at radius 1 is 1.14 bits per heavy atom. The summed E-state index contributed by atoms with van der Waals surface area (Å²) in [6, 6.07) is 16.9. The standard InChI is InChI=1S/C21H22N2O3S2/c1-15-8-11-20(27-15)28(25,26)23-12-4-7-19(23)21(24)22-14-16-9-10-17-5-2-3-6-18(17)13-16/h2-3,5-6,8-11,13,19H,4,7,12,14H2,1H3,(H,22,24)/t19-/m0/s1. The number of carbonyl (C=O) groups excluding carboxylic acids is 1. The molecule has 1 aliphatic heterocycles. The average Bonchev–Trinajstić information content (AvgIpc) is 3.36. The van der Waals surface area contributed by atoms with Crippen molar-refractivity contribution in [2.24, 2.45) is 0 Å². The Hall–Kier alpha value is -2.22. The third-order valence-electron chi connectivity index (χ3n) is 5.07. The van der Waals surface area contributed by atoms with Crippen LogP contribution in [0.2, 0.25) is 0 Å². The molecule has 0 bridgehead atoms. The quantitative estimate of drug-likeness (QED) is 0.693. The molecule has 1 amide bonds. The minimum Gasteiger partial charge on any atom is -0.351 e. The molecule has 1 aliphatic rings. The molecule has 1 fully saturated rings. The highest BCUT2D eigenvalue weighted by molar-refractivity contribution is 7.91. The zero-order chi connectivity index (χ0) is 19.7. The van der Waals surface area contributed by atoms with Crippen molar-refractivity contribution in [3.63, 3.8) is 0 Å². The minimum absolute atomic E-state index is 0.234. The summed E-state index contributed by atoms with van der Waals surface area (Å²) in [5.41, 5.74) is 0.994. The normalized spacial score (nSPS) is 17.8. The molecular weight excluding hydrogens is 392 g/mol. The monoisotopic (exact) mass is 414 g/mol. The van der Waals surface area contributed by atoms with Crippen LogP contribution in [0.25, 0.3) is 10.8 Å². The SMILES string of the molecule is Cc1ccc(S(=O)(=O)N2CCC[C@H]2C(=O)NCc2ccc3ccccc3c2)s1. The van der Waals surface area contributed by atoms with Gasteiger partial charge in [0.25, 0.3) is 10.0 Å². The van der Waals surface area contributed by atoms with Gasteiger partial charge in [-0.05, 0) is 54.3 Å². The van der Waals surface area contributed by atoms with E-state index in [2.05, 4.69) is 5.32 Å². The van der Waals surface area contributed by atoms with Crippen LogP contribution in [0.3, 0.4) is 0 Å². The first-order chi connectivity index (χ1) is 13.4. The van der Waals surface area contributed by atoms with E-state index in [1.54, 1.807) is 12.1 Å². The molecule has 1 atom stereocenters. The van der Waals surface area contributed by atoms with Gasteiger partial charge in [0.2, 0.25) is 5.91 Å². The summed E-state index contributed by atoms with van der Waals surface area (Å²) in [6.45, 7) is 2.64. The molecule has 2 aromatic carbocycles. The first-order valence-corrected chi connectivity index (χ1v) is 11.5. The van der Waals surface area contributed by atoms with Gasteiger partial charge in [0.05, 0.1) is 0 Å². The molecule has 28 heavy (non-hydrogen) atoms. The number of hydrogen-bond acceptors (Lipinski definition) is 4. The Labute approximate surface area is 169 Å². The van der Waals surface area contributed by atoms with Crippen molar-refractivity contribution in [2.45, 2.75) is 36.6 Å². The molecule has 4 rings (SSSR count). The largest absolute Gasteiger partial charge is 0.351 e. The number of sulfonamides is 1. The van der Waals surface area contributed by atoms with Crippen LogP contribution in [-0.4, -0.2) is 31.2 Å². The first-order valence-electron chi connectivity index (χ1n) is 9.29. The van der Waals surface area contributed by atoms with E-state index in [0.717, 1.165) is 21.2 Å². The molecule has 0 saturated carbocycles. The van der Waals surface area contributed by atoms with E-state index in [1.165, 1.54) is 15.6 Å². The van der Waals surface area contributed by atoms with Crippen LogP contribution in [0.4, 0.5) is 0 Å². The lowest BCUT2D eigenvalue weighted by Gasteiger charge is -2.22. The van der Waals surface area contributed by atoms with Crippen LogP contribution < -0.4 is 5.32 Å². The first kappa shape index (κ1) is 19.1. The van der Waals surface area contributed by atoms with E-state index >= 15 is 0 Å². The summed E-state index contributed by atoms with van der Waals surface area (Å²) in [5.74, 6) is -0.234. The van der Waals surface area contributed by atoms with Crippen molar-refractivity contribution >= 4 is 38.0 Å². The van der Waals surface area contributed by atoms with Crippen LogP contribution >= 0.6 is 11.3 Å². The lowest BCUT2D eigenvalue weighted by atomic mass is 10.1. The van der Waals surface area contributed by atoms with Crippen molar-refractivity contribution in [3.05, 3.63) is 65.0 Å². The lowest BCUT2D eigenvalue weighted by Crippen LogP contribution is -2.45. The number of fused-ring (bicyclic) bond motifs is 1. The summed E-state index contributed by atoms with van der Waals surface area (Å²) in [6.07, 6.45) is 1.24. The Bertz CT molecular complexity index is 1120. The van der Waals surface area contributed by atoms with Gasteiger partial charge in [-0.15, -0.1) is 11.3 Å². The smallest absolute Gasteiger partial charge is 0.253 e. The Balaban J connectivity index is 1.47. The number of nitrogens with one attached hydrogen (secondary N) is 1. The number of rotatable bonds is 5. The van der Waals surface area contributed by atoms with E-state index in [1.807, 2.05) is 49.4 Å². The van der Waals surface area contributed by atoms with Crippen LogP contribution in [-0.2, 0) is 21.4 Å². The number of amides is 1. The van der Waals surface area contributed by atoms with Crippen molar-refractivity contribution in [2.75, 3.05) is 6.54 Å². The number of hydrogen-bond donors (Lipinski definition) is 1. The maximum atomic E-state index is 12.9. The Morgan fingerprint density at radius 2 is 1.93 bits per heavy atom. The van der Waals surface area contributed by atoms with Crippen LogP contribution in [0.5, 0.6) is 0 Å². The fourth-order valence-electron chi connectivity index (χ4n) is 3.61. The lowest BCUT2D eigenvalue weighted by molar-refractivity contribution is -0.124. The average molecular weight is 415 g/mol. The van der Waals surface area contributed by atoms with Gasteiger partial charge >= 0.3 is 0 Å². The highest BCUT2D eigenvalue weighted by atomic mass is 32.2.